The van der Waals surface area contributed by atoms with Gasteiger partial charge in [-0.3, -0.25) is 0 Å². The summed E-state index contributed by atoms with van der Waals surface area (Å²) in [7, 11) is 0. The second-order valence-corrected chi connectivity index (χ2v) is 5.39. The normalized spacial score (nSPS) is 10.4. The molecule has 2 aromatic rings. The third kappa shape index (κ3) is 4.13. The monoisotopic (exact) mass is 274 g/mol. The zero-order valence-corrected chi connectivity index (χ0v) is 12.0. The minimum Gasteiger partial charge on any atom is -0.370 e. The lowest BCUT2D eigenvalue weighted by molar-refractivity contribution is 0.957. The van der Waals surface area contributed by atoms with E-state index in [1.165, 1.54) is 5.56 Å². The van der Waals surface area contributed by atoms with Gasteiger partial charge in [-0.25, -0.2) is 4.98 Å². The maximum absolute atomic E-state index is 5.74. The van der Waals surface area contributed by atoms with Gasteiger partial charge in [0.05, 0.1) is 0 Å². The van der Waals surface area contributed by atoms with Crippen molar-refractivity contribution in [3.63, 3.8) is 0 Å². The van der Waals surface area contributed by atoms with Crippen molar-refractivity contribution in [1.29, 1.82) is 0 Å². The number of aryl methyl sites for hydroxylation is 1. The van der Waals surface area contributed by atoms with Crippen molar-refractivity contribution in [3.05, 3.63) is 35.9 Å². The summed E-state index contributed by atoms with van der Waals surface area (Å²) in [6.45, 7) is 5.07. The van der Waals surface area contributed by atoms with Crippen LogP contribution >= 0.6 is 11.8 Å². The summed E-state index contributed by atoms with van der Waals surface area (Å²) in [4.78, 5) is 9.58. The van der Waals surface area contributed by atoms with Crippen LogP contribution in [-0.4, -0.2) is 16.5 Å². The van der Waals surface area contributed by atoms with E-state index in [0.717, 1.165) is 28.7 Å². The molecule has 100 valence electrons. The van der Waals surface area contributed by atoms with Crippen LogP contribution in [0.15, 0.2) is 40.3 Å². The Balaban J connectivity index is 2.17. The average Bonchev–Trinajstić information content (AvgIpc) is 2.35. The summed E-state index contributed by atoms with van der Waals surface area (Å²) < 4.78 is 0. The molecular formula is C14H18N4S. The van der Waals surface area contributed by atoms with Gasteiger partial charge in [-0.05, 0) is 25.5 Å². The van der Waals surface area contributed by atoms with Gasteiger partial charge in [-0.2, -0.15) is 4.98 Å². The number of nitrogens with zero attached hydrogens (tertiary/aromatic N) is 2. The minimum atomic E-state index is 0.302. The first kappa shape index (κ1) is 13.7. The first-order valence-corrected chi connectivity index (χ1v) is 7.12. The van der Waals surface area contributed by atoms with Crippen LogP contribution in [0.3, 0.4) is 0 Å². The van der Waals surface area contributed by atoms with Crippen LogP contribution in [0.25, 0.3) is 0 Å². The summed E-state index contributed by atoms with van der Waals surface area (Å²) in [5.74, 6) is 1.08. The molecule has 0 atom stereocenters. The van der Waals surface area contributed by atoms with E-state index in [4.69, 9.17) is 5.73 Å². The molecule has 1 aromatic carbocycles. The number of anilines is 2. The summed E-state index contributed by atoms with van der Waals surface area (Å²) in [5, 5.41) is 4.09. The number of hydrogen-bond donors (Lipinski definition) is 2. The predicted molar refractivity (Wildman–Crippen MR) is 80.5 cm³/mol. The van der Waals surface area contributed by atoms with Gasteiger partial charge in [-0.15, -0.1) is 0 Å². The standard InChI is InChI=1S/C14H18N4S/c1-3-7-16-12-9-13(18-14(15)17-12)19-11-6-4-5-10(2)8-11/h4-6,8-9H,3,7H2,1-2H3,(H3,15,16,17,18). The number of nitrogen functional groups attached to an aromatic ring is 1. The molecule has 5 heteroatoms. The Labute approximate surface area is 117 Å². The molecule has 2 rings (SSSR count). The smallest absolute Gasteiger partial charge is 0.223 e. The summed E-state index contributed by atoms with van der Waals surface area (Å²) in [6.07, 6.45) is 1.05. The number of nitrogens with one attached hydrogen (secondary N) is 1. The number of rotatable bonds is 5. The Bertz CT molecular complexity index is 557. The molecule has 0 aliphatic rings. The molecule has 0 aliphatic heterocycles. The van der Waals surface area contributed by atoms with Crippen molar-refractivity contribution in [2.75, 3.05) is 17.6 Å². The lowest BCUT2D eigenvalue weighted by Gasteiger charge is -2.07. The van der Waals surface area contributed by atoms with Crippen molar-refractivity contribution in [2.45, 2.75) is 30.2 Å². The van der Waals surface area contributed by atoms with Gasteiger partial charge >= 0.3 is 0 Å². The van der Waals surface area contributed by atoms with Gasteiger partial charge < -0.3 is 11.1 Å². The fourth-order valence-corrected chi connectivity index (χ4v) is 2.58. The third-order valence-electron chi connectivity index (χ3n) is 2.49. The molecule has 1 aromatic heterocycles. The van der Waals surface area contributed by atoms with Gasteiger partial charge in [0.1, 0.15) is 10.8 Å². The molecule has 3 N–H and O–H groups in total. The Hall–Kier alpha value is -1.75. The molecule has 19 heavy (non-hydrogen) atoms. The lowest BCUT2D eigenvalue weighted by Crippen LogP contribution is -2.05. The first-order chi connectivity index (χ1) is 9.17. The third-order valence-corrected chi connectivity index (χ3v) is 3.40. The van der Waals surface area contributed by atoms with E-state index in [1.54, 1.807) is 11.8 Å². The molecule has 0 bridgehead atoms. The van der Waals surface area contributed by atoms with Crippen LogP contribution in [-0.2, 0) is 0 Å². The molecule has 0 spiro atoms. The molecule has 0 unspecified atom stereocenters. The van der Waals surface area contributed by atoms with Gasteiger partial charge in [0.25, 0.3) is 0 Å². The molecule has 0 aliphatic carbocycles. The highest BCUT2D eigenvalue weighted by Crippen LogP contribution is 2.28. The molecule has 0 saturated carbocycles. The lowest BCUT2D eigenvalue weighted by atomic mass is 10.2. The Morgan fingerprint density at radius 1 is 1.26 bits per heavy atom. The van der Waals surface area contributed by atoms with E-state index in [2.05, 4.69) is 47.3 Å². The molecular weight excluding hydrogens is 256 g/mol. The summed E-state index contributed by atoms with van der Waals surface area (Å²) in [6, 6.07) is 10.2. The second kappa shape index (κ2) is 6.43. The molecule has 1 heterocycles. The second-order valence-electron chi connectivity index (χ2n) is 4.29. The van der Waals surface area contributed by atoms with Gasteiger partial charge in [0.2, 0.25) is 5.95 Å². The van der Waals surface area contributed by atoms with Crippen molar-refractivity contribution < 1.29 is 0 Å². The van der Waals surface area contributed by atoms with E-state index in [1.807, 2.05) is 12.1 Å². The van der Waals surface area contributed by atoms with Gasteiger partial charge in [0.15, 0.2) is 0 Å². The number of nitrogens with two attached hydrogens (primary N) is 1. The topological polar surface area (TPSA) is 63.8 Å². The number of hydrogen-bond acceptors (Lipinski definition) is 5. The Kier molecular flexibility index (Phi) is 4.63. The van der Waals surface area contributed by atoms with E-state index in [9.17, 15) is 0 Å². The van der Waals surface area contributed by atoms with E-state index >= 15 is 0 Å². The van der Waals surface area contributed by atoms with Crippen LogP contribution in [0.4, 0.5) is 11.8 Å². The fraction of sp³-hybridized carbons (Fsp3) is 0.286. The zero-order chi connectivity index (χ0) is 13.7. The van der Waals surface area contributed by atoms with Crippen molar-refractivity contribution in [3.8, 4) is 0 Å². The Morgan fingerprint density at radius 3 is 2.84 bits per heavy atom. The molecule has 0 amide bonds. The number of aromatic nitrogens is 2. The van der Waals surface area contributed by atoms with Crippen molar-refractivity contribution in [2.24, 2.45) is 0 Å². The van der Waals surface area contributed by atoms with Gasteiger partial charge in [0, 0.05) is 17.5 Å². The van der Waals surface area contributed by atoms with Crippen LogP contribution in [0, 0.1) is 6.92 Å². The average molecular weight is 274 g/mol. The highest BCUT2D eigenvalue weighted by Gasteiger charge is 2.04. The first-order valence-electron chi connectivity index (χ1n) is 6.30. The molecule has 0 saturated heterocycles. The summed E-state index contributed by atoms with van der Waals surface area (Å²) in [5.41, 5.74) is 6.97. The quantitative estimate of drug-likeness (QED) is 0.819. The predicted octanol–water partition coefficient (Wildman–Crippen LogP) is 3.34. The maximum Gasteiger partial charge on any atom is 0.223 e. The van der Waals surface area contributed by atoms with Crippen molar-refractivity contribution in [1.82, 2.24) is 9.97 Å². The van der Waals surface area contributed by atoms with E-state index < -0.39 is 0 Å². The van der Waals surface area contributed by atoms with Crippen LogP contribution in [0.1, 0.15) is 18.9 Å². The Morgan fingerprint density at radius 2 is 2.11 bits per heavy atom. The van der Waals surface area contributed by atoms with E-state index in [0.29, 0.717) is 5.95 Å². The fourth-order valence-electron chi connectivity index (χ4n) is 1.64. The van der Waals surface area contributed by atoms with Gasteiger partial charge in [-0.1, -0.05) is 36.4 Å². The van der Waals surface area contributed by atoms with Crippen LogP contribution in [0.2, 0.25) is 0 Å². The highest BCUT2D eigenvalue weighted by atomic mass is 32.2. The van der Waals surface area contributed by atoms with E-state index in [-0.39, 0.29) is 0 Å². The largest absolute Gasteiger partial charge is 0.370 e. The molecule has 0 radical (unpaired) electrons. The number of benzene rings is 1. The van der Waals surface area contributed by atoms with Crippen molar-refractivity contribution >= 4 is 23.5 Å². The van der Waals surface area contributed by atoms with Crippen LogP contribution in [0.5, 0.6) is 0 Å². The zero-order valence-electron chi connectivity index (χ0n) is 11.2. The summed E-state index contributed by atoms with van der Waals surface area (Å²) >= 11 is 1.59. The van der Waals surface area contributed by atoms with Crippen LogP contribution < -0.4 is 11.1 Å². The maximum atomic E-state index is 5.74. The highest BCUT2D eigenvalue weighted by molar-refractivity contribution is 7.99. The minimum absolute atomic E-state index is 0.302. The molecule has 4 nitrogen and oxygen atoms in total. The SMILES string of the molecule is CCCNc1cc(Sc2cccc(C)c2)nc(N)n1. The molecule has 0 fully saturated rings.